The number of pyridine rings is 2. The van der Waals surface area contributed by atoms with Gasteiger partial charge in [-0.25, -0.2) is 4.98 Å². The van der Waals surface area contributed by atoms with Crippen molar-refractivity contribution in [2.75, 3.05) is 49.1 Å². The summed E-state index contributed by atoms with van der Waals surface area (Å²) in [6, 6.07) is 15.8. The van der Waals surface area contributed by atoms with Gasteiger partial charge in [-0.1, -0.05) is 6.07 Å². The Morgan fingerprint density at radius 3 is 2.91 bits per heavy atom. The zero-order valence-electron chi connectivity index (χ0n) is 19.7. The molecule has 6 rings (SSSR count). The highest BCUT2D eigenvalue weighted by Crippen LogP contribution is 2.32. The largest absolute Gasteiger partial charge is 0.368 e. The van der Waals surface area contributed by atoms with Crippen molar-refractivity contribution in [2.45, 2.75) is 38.4 Å². The molecule has 2 saturated heterocycles. The number of hydrogen-bond acceptors (Lipinski definition) is 7. The van der Waals surface area contributed by atoms with Crippen LogP contribution in [0.4, 0.5) is 11.5 Å². The Balaban J connectivity index is 1.23. The summed E-state index contributed by atoms with van der Waals surface area (Å²) in [7, 11) is 0. The summed E-state index contributed by atoms with van der Waals surface area (Å²) in [5.41, 5.74) is 5.25. The van der Waals surface area contributed by atoms with E-state index in [1.165, 1.54) is 16.9 Å². The average molecular weight is 454 g/mol. The summed E-state index contributed by atoms with van der Waals surface area (Å²) < 4.78 is 0. The van der Waals surface area contributed by atoms with Gasteiger partial charge < -0.3 is 15.1 Å². The highest BCUT2D eigenvalue weighted by atomic mass is 15.3. The predicted octanol–water partition coefficient (Wildman–Crippen LogP) is 2.94. The van der Waals surface area contributed by atoms with Gasteiger partial charge in [-0.3, -0.25) is 9.88 Å². The SMILES string of the molecule is C[C@@H]1CN(c2ccc(C#N)c3ncccc23)C[C@@H]2CCN(c3ccc4c(n3)CCNC4)CCN21. The van der Waals surface area contributed by atoms with Crippen LogP contribution in [0.5, 0.6) is 0 Å². The third kappa shape index (κ3) is 3.77. The van der Waals surface area contributed by atoms with Crippen LogP contribution in [0.25, 0.3) is 10.9 Å². The Labute approximate surface area is 201 Å². The second-order valence-corrected chi connectivity index (χ2v) is 9.77. The van der Waals surface area contributed by atoms with E-state index in [2.05, 4.69) is 62.3 Å². The molecule has 3 aliphatic rings. The van der Waals surface area contributed by atoms with Gasteiger partial charge in [-0.05, 0) is 49.2 Å². The lowest BCUT2D eigenvalue weighted by molar-refractivity contribution is 0.130. The van der Waals surface area contributed by atoms with Crippen molar-refractivity contribution in [2.24, 2.45) is 0 Å². The van der Waals surface area contributed by atoms with E-state index in [-0.39, 0.29) is 0 Å². The summed E-state index contributed by atoms with van der Waals surface area (Å²) in [5, 5.41) is 14.0. The van der Waals surface area contributed by atoms with Crippen molar-refractivity contribution in [3.63, 3.8) is 0 Å². The minimum atomic E-state index is 0.462. The molecule has 1 aromatic carbocycles. The standard InChI is InChI=1S/C27H31N7/c1-19-17-33(25-6-4-20(15-28)27-23(25)3-2-10-30-27)18-22-9-12-32(13-14-34(19)22)26-7-5-21-16-29-11-8-24(21)31-26/h2-7,10,19,22,29H,8-9,11-14,16-18H2,1H3/t19-,22+/m1/s1. The topological polar surface area (TPSA) is 71.3 Å². The second-order valence-electron chi connectivity index (χ2n) is 9.77. The first-order valence-corrected chi connectivity index (χ1v) is 12.4. The summed E-state index contributed by atoms with van der Waals surface area (Å²) in [5.74, 6) is 1.13. The Morgan fingerprint density at radius 1 is 1.06 bits per heavy atom. The van der Waals surface area contributed by atoms with Gasteiger partial charge >= 0.3 is 0 Å². The second kappa shape index (κ2) is 8.86. The fourth-order valence-electron chi connectivity index (χ4n) is 5.98. The van der Waals surface area contributed by atoms with Crippen LogP contribution in [0.15, 0.2) is 42.6 Å². The first kappa shape index (κ1) is 21.3. The number of rotatable bonds is 2. The van der Waals surface area contributed by atoms with E-state index >= 15 is 0 Å². The highest BCUT2D eigenvalue weighted by Gasteiger charge is 2.35. The molecule has 174 valence electrons. The van der Waals surface area contributed by atoms with Crippen molar-refractivity contribution in [3.05, 3.63) is 59.4 Å². The van der Waals surface area contributed by atoms with E-state index < -0.39 is 0 Å². The molecule has 7 nitrogen and oxygen atoms in total. The molecular formula is C27H31N7. The summed E-state index contributed by atoms with van der Waals surface area (Å²) in [4.78, 5) is 17.3. The van der Waals surface area contributed by atoms with Crippen molar-refractivity contribution in [1.82, 2.24) is 20.2 Å². The Hall–Kier alpha value is -3.21. The zero-order chi connectivity index (χ0) is 23.1. The van der Waals surface area contributed by atoms with E-state index in [9.17, 15) is 5.26 Å². The fourth-order valence-corrected chi connectivity index (χ4v) is 5.98. The van der Waals surface area contributed by atoms with Crippen LogP contribution < -0.4 is 15.1 Å². The molecule has 34 heavy (non-hydrogen) atoms. The molecule has 2 aromatic heterocycles. The van der Waals surface area contributed by atoms with Crippen LogP contribution >= 0.6 is 0 Å². The molecule has 2 atom stereocenters. The van der Waals surface area contributed by atoms with Crippen molar-refractivity contribution >= 4 is 22.4 Å². The number of benzene rings is 1. The first-order chi connectivity index (χ1) is 16.7. The zero-order valence-corrected chi connectivity index (χ0v) is 19.7. The number of hydrogen-bond donors (Lipinski definition) is 1. The highest BCUT2D eigenvalue weighted by molar-refractivity contribution is 5.95. The van der Waals surface area contributed by atoms with Gasteiger partial charge in [0, 0.05) is 87.3 Å². The molecule has 0 spiro atoms. The molecule has 0 saturated carbocycles. The van der Waals surface area contributed by atoms with Gasteiger partial charge in [0.2, 0.25) is 0 Å². The molecular weight excluding hydrogens is 422 g/mol. The molecule has 0 amide bonds. The molecule has 0 aliphatic carbocycles. The third-order valence-electron chi connectivity index (χ3n) is 7.75. The molecule has 0 radical (unpaired) electrons. The van der Waals surface area contributed by atoms with Crippen LogP contribution in [-0.2, 0) is 13.0 Å². The van der Waals surface area contributed by atoms with Crippen molar-refractivity contribution in [1.29, 1.82) is 5.26 Å². The lowest BCUT2D eigenvalue weighted by Crippen LogP contribution is -2.58. The van der Waals surface area contributed by atoms with E-state index in [4.69, 9.17) is 4.98 Å². The third-order valence-corrected chi connectivity index (χ3v) is 7.75. The normalized spacial score (nSPS) is 23.2. The molecule has 3 aliphatic heterocycles. The Bertz CT molecular complexity index is 1250. The first-order valence-electron chi connectivity index (χ1n) is 12.4. The lowest BCUT2D eigenvalue weighted by atomic mass is 10.0. The molecule has 3 aromatic rings. The predicted molar refractivity (Wildman–Crippen MR) is 135 cm³/mol. The van der Waals surface area contributed by atoms with Gasteiger partial charge in [0.25, 0.3) is 0 Å². The molecule has 0 unspecified atom stereocenters. The van der Waals surface area contributed by atoms with Crippen molar-refractivity contribution in [3.8, 4) is 6.07 Å². The Morgan fingerprint density at radius 2 is 2.00 bits per heavy atom. The smallest absolute Gasteiger partial charge is 0.128 e. The maximum atomic E-state index is 9.53. The number of aromatic nitrogens is 2. The average Bonchev–Trinajstić information content (AvgIpc) is 3.11. The number of nitrogens with zero attached hydrogens (tertiary/aromatic N) is 6. The van der Waals surface area contributed by atoms with Gasteiger partial charge in [-0.2, -0.15) is 5.26 Å². The molecule has 0 bridgehead atoms. The van der Waals surface area contributed by atoms with Crippen molar-refractivity contribution < 1.29 is 0 Å². The maximum absolute atomic E-state index is 9.53. The number of nitriles is 1. The minimum absolute atomic E-state index is 0.462. The van der Waals surface area contributed by atoms with E-state index in [1.54, 1.807) is 6.20 Å². The van der Waals surface area contributed by atoms with Crippen LogP contribution in [0.2, 0.25) is 0 Å². The van der Waals surface area contributed by atoms with E-state index in [0.717, 1.165) is 75.4 Å². The lowest BCUT2D eigenvalue weighted by Gasteiger charge is -2.46. The van der Waals surface area contributed by atoms with Crippen LogP contribution in [0.3, 0.4) is 0 Å². The van der Waals surface area contributed by atoms with Crippen LogP contribution in [0, 0.1) is 11.3 Å². The molecule has 7 heteroatoms. The molecule has 1 N–H and O–H groups in total. The number of nitrogens with one attached hydrogen (secondary N) is 1. The molecule has 2 fully saturated rings. The fraction of sp³-hybridized carbons (Fsp3) is 0.444. The molecule has 5 heterocycles. The number of fused-ring (bicyclic) bond motifs is 3. The monoisotopic (exact) mass is 453 g/mol. The van der Waals surface area contributed by atoms with Gasteiger partial charge in [0.1, 0.15) is 11.9 Å². The van der Waals surface area contributed by atoms with Gasteiger partial charge in [-0.15, -0.1) is 0 Å². The Kier molecular flexibility index (Phi) is 5.56. The minimum Gasteiger partial charge on any atom is -0.368 e. The van der Waals surface area contributed by atoms with Gasteiger partial charge in [0.05, 0.1) is 11.1 Å². The van der Waals surface area contributed by atoms with Gasteiger partial charge in [0.15, 0.2) is 0 Å². The van der Waals surface area contributed by atoms with Crippen LogP contribution in [0.1, 0.15) is 30.2 Å². The van der Waals surface area contributed by atoms with E-state index in [0.29, 0.717) is 17.6 Å². The summed E-state index contributed by atoms with van der Waals surface area (Å²) in [6.07, 6.45) is 3.91. The number of anilines is 2. The quantitative estimate of drug-likeness (QED) is 0.640. The maximum Gasteiger partial charge on any atom is 0.128 e. The summed E-state index contributed by atoms with van der Waals surface area (Å²) >= 11 is 0. The van der Waals surface area contributed by atoms with Crippen LogP contribution in [-0.4, -0.2) is 66.2 Å². The number of piperazine rings is 1. The summed E-state index contributed by atoms with van der Waals surface area (Å²) in [6.45, 7) is 9.40. The van der Waals surface area contributed by atoms with E-state index in [1.807, 2.05) is 12.1 Å².